The van der Waals surface area contributed by atoms with Crippen molar-refractivity contribution in [2.75, 3.05) is 12.4 Å². The van der Waals surface area contributed by atoms with Crippen molar-refractivity contribution >= 4 is 15.7 Å². The third-order valence-corrected chi connectivity index (χ3v) is 3.32. The summed E-state index contributed by atoms with van der Waals surface area (Å²) >= 11 is 0. The van der Waals surface area contributed by atoms with Crippen LogP contribution in [0.15, 0.2) is 39.8 Å². The van der Waals surface area contributed by atoms with Crippen molar-refractivity contribution in [1.82, 2.24) is 0 Å². The number of hydrogen-bond donors (Lipinski definition) is 2. The normalized spacial score (nSPS) is 11.3. The minimum absolute atomic E-state index is 0.144. The topological polar surface area (TPSA) is 94.6 Å². The van der Waals surface area contributed by atoms with Crippen LogP contribution in [-0.2, 0) is 16.6 Å². The summed E-state index contributed by atoms with van der Waals surface area (Å²) < 4.78 is 45.4. The van der Waals surface area contributed by atoms with Crippen molar-refractivity contribution in [2.45, 2.75) is 11.6 Å². The van der Waals surface area contributed by atoms with Crippen LogP contribution in [0.4, 0.5) is 10.1 Å². The Morgan fingerprint density at radius 1 is 1.35 bits per heavy atom. The summed E-state index contributed by atoms with van der Waals surface area (Å²) in [5.74, 6) is 0.0116. The number of ether oxygens (including phenoxy) is 1. The Morgan fingerprint density at radius 2 is 2.10 bits per heavy atom. The summed E-state index contributed by atoms with van der Waals surface area (Å²) in [6, 6.07) is 7.12. The molecule has 1 aromatic heterocycles. The number of primary sulfonamides is 1. The molecule has 0 fully saturated rings. The summed E-state index contributed by atoms with van der Waals surface area (Å²) in [7, 11) is -2.47. The number of nitrogens with two attached hydrogens (primary N) is 1. The van der Waals surface area contributed by atoms with Crippen molar-refractivity contribution in [3.63, 3.8) is 0 Å². The van der Waals surface area contributed by atoms with Gasteiger partial charge >= 0.3 is 0 Å². The zero-order valence-electron chi connectivity index (χ0n) is 10.6. The van der Waals surface area contributed by atoms with Crippen molar-refractivity contribution in [2.24, 2.45) is 5.14 Å². The van der Waals surface area contributed by atoms with Crippen LogP contribution in [-0.4, -0.2) is 15.5 Å². The van der Waals surface area contributed by atoms with Gasteiger partial charge in [0.15, 0.2) is 11.6 Å². The van der Waals surface area contributed by atoms with Gasteiger partial charge in [-0.05, 0) is 24.3 Å². The molecule has 6 nitrogen and oxygen atoms in total. The van der Waals surface area contributed by atoms with E-state index in [1.807, 2.05) is 0 Å². The van der Waals surface area contributed by atoms with Crippen molar-refractivity contribution in [3.8, 4) is 5.75 Å². The first-order valence-electron chi connectivity index (χ1n) is 5.59. The zero-order chi connectivity index (χ0) is 14.8. The number of anilines is 1. The number of methoxy groups -OCH3 is 1. The molecule has 0 aliphatic rings. The van der Waals surface area contributed by atoms with E-state index in [1.54, 1.807) is 6.07 Å². The third-order valence-electron chi connectivity index (χ3n) is 2.54. The Morgan fingerprint density at radius 3 is 2.65 bits per heavy atom. The molecule has 108 valence electrons. The number of hydrogen-bond acceptors (Lipinski definition) is 5. The number of sulfonamides is 1. The second-order valence-corrected chi connectivity index (χ2v) is 5.46. The van der Waals surface area contributed by atoms with E-state index in [9.17, 15) is 12.8 Å². The van der Waals surface area contributed by atoms with Gasteiger partial charge in [-0.3, -0.25) is 0 Å². The van der Waals surface area contributed by atoms with Crippen LogP contribution in [0.1, 0.15) is 5.76 Å². The van der Waals surface area contributed by atoms with Gasteiger partial charge in [0, 0.05) is 11.8 Å². The number of halogens is 1. The molecule has 2 aromatic rings. The lowest BCUT2D eigenvalue weighted by Gasteiger charge is -2.07. The molecular formula is C12H13FN2O4S. The molecule has 1 heterocycles. The van der Waals surface area contributed by atoms with E-state index in [2.05, 4.69) is 5.32 Å². The molecule has 2 rings (SSSR count). The first-order chi connectivity index (χ1) is 9.40. The van der Waals surface area contributed by atoms with Gasteiger partial charge in [-0.2, -0.15) is 0 Å². The SMILES string of the molecule is COc1ccc(NCc2ccc(S(N)(=O)=O)o2)cc1F. The number of rotatable bonds is 5. The molecule has 0 unspecified atom stereocenters. The molecule has 1 aromatic carbocycles. The fraction of sp³-hybridized carbons (Fsp3) is 0.167. The van der Waals surface area contributed by atoms with Crippen molar-refractivity contribution in [3.05, 3.63) is 41.9 Å². The summed E-state index contributed by atoms with van der Waals surface area (Å²) in [6.45, 7) is 0.196. The first kappa shape index (κ1) is 14.4. The Balaban J connectivity index is 2.05. The molecule has 0 radical (unpaired) electrons. The summed E-state index contributed by atoms with van der Waals surface area (Å²) in [5, 5.41) is 7.51. The molecule has 0 spiro atoms. The van der Waals surface area contributed by atoms with Crippen LogP contribution < -0.4 is 15.2 Å². The average molecular weight is 300 g/mol. The van der Waals surface area contributed by atoms with Crippen molar-refractivity contribution < 1.29 is 22.0 Å². The fourth-order valence-electron chi connectivity index (χ4n) is 1.57. The van der Waals surface area contributed by atoms with Crippen LogP contribution in [0.2, 0.25) is 0 Å². The highest BCUT2D eigenvalue weighted by molar-refractivity contribution is 7.89. The van der Waals surface area contributed by atoms with E-state index in [0.29, 0.717) is 11.4 Å². The Kier molecular flexibility index (Phi) is 3.96. The molecule has 0 atom stereocenters. The van der Waals surface area contributed by atoms with E-state index in [4.69, 9.17) is 14.3 Å². The smallest absolute Gasteiger partial charge is 0.271 e. The lowest BCUT2D eigenvalue weighted by molar-refractivity contribution is 0.386. The standard InChI is InChI=1S/C12H13FN2O4S/c1-18-11-4-2-8(6-10(11)13)15-7-9-3-5-12(19-9)20(14,16)17/h2-6,15H,7H2,1H3,(H2,14,16,17). The van der Waals surface area contributed by atoms with Gasteiger partial charge in [0.05, 0.1) is 13.7 Å². The van der Waals surface area contributed by atoms with Gasteiger partial charge < -0.3 is 14.5 Å². The van der Waals surface area contributed by atoms with Crippen molar-refractivity contribution in [1.29, 1.82) is 0 Å². The predicted molar refractivity (Wildman–Crippen MR) is 70.4 cm³/mol. The molecule has 8 heteroatoms. The largest absolute Gasteiger partial charge is 0.494 e. The second kappa shape index (κ2) is 5.51. The second-order valence-electron chi connectivity index (χ2n) is 3.97. The van der Waals surface area contributed by atoms with E-state index in [1.165, 1.54) is 31.4 Å². The highest BCUT2D eigenvalue weighted by atomic mass is 32.2. The molecule has 0 aliphatic carbocycles. The quantitative estimate of drug-likeness (QED) is 0.876. The minimum atomic E-state index is -3.85. The Labute approximate surface area is 115 Å². The zero-order valence-corrected chi connectivity index (χ0v) is 11.4. The maximum absolute atomic E-state index is 13.5. The van der Waals surface area contributed by atoms with Crippen LogP contribution in [0, 0.1) is 5.82 Å². The number of nitrogens with one attached hydrogen (secondary N) is 1. The van der Waals surface area contributed by atoms with Gasteiger partial charge in [-0.15, -0.1) is 0 Å². The molecule has 0 bridgehead atoms. The summed E-state index contributed by atoms with van der Waals surface area (Å²) in [6.07, 6.45) is 0. The molecule has 0 saturated heterocycles. The van der Waals surface area contributed by atoms with Gasteiger partial charge in [-0.1, -0.05) is 0 Å². The fourth-order valence-corrected chi connectivity index (χ4v) is 2.05. The average Bonchev–Trinajstić information content (AvgIpc) is 2.85. The lowest BCUT2D eigenvalue weighted by atomic mass is 10.3. The van der Waals surface area contributed by atoms with Gasteiger partial charge in [0.1, 0.15) is 5.76 Å². The van der Waals surface area contributed by atoms with Gasteiger partial charge in [0.2, 0.25) is 5.09 Å². The molecule has 0 saturated carbocycles. The van der Waals surface area contributed by atoms with E-state index < -0.39 is 15.8 Å². The maximum Gasteiger partial charge on any atom is 0.271 e. The molecule has 3 N–H and O–H groups in total. The van der Waals surface area contributed by atoms with Crippen LogP contribution in [0.3, 0.4) is 0 Å². The first-order valence-corrected chi connectivity index (χ1v) is 7.13. The molecule has 0 aliphatic heterocycles. The molecule has 20 heavy (non-hydrogen) atoms. The minimum Gasteiger partial charge on any atom is -0.494 e. The van der Waals surface area contributed by atoms with Crippen LogP contribution in [0.5, 0.6) is 5.75 Å². The number of benzene rings is 1. The van der Waals surface area contributed by atoms with E-state index >= 15 is 0 Å². The maximum atomic E-state index is 13.5. The van der Waals surface area contributed by atoms with Crippen LogP contribution in [0.25, 0.3) is 0 Å². The van der Waals surface area contributed by atoms with Crippen LogP contribution >= 0.6 is 0 Å². The molecule has 0 amide bonds. The highest BCUT2D eigenvalue weighted by Crippen LogP contribution is 2.21. The lowest BCUT2D eigenvalue weighted by Crippen LogP contribution is -2.10. The summed E-state index contributed by atoms with van der Waals surface area (Å²) in [4.78, 5) is 0. The van der Waals surface area contributed by atoms with E-state index in [-0.39, 0.29) is 17.4 Å². The van der Waals surface area contributed by atoms with Gasteiger partial charge in [-0.25, -0.2) is 17.9 Å². The Bertz CT molecular complexity index is 712. The number of furan rings is 1. The summed E-state index contributed by atoms with van der Waals surface area (Å²) in [5.41, 5.74) is 0.511. The highest BCUT2D eigenvalue weighted by Gasteiger charge is 2.13. The monoisotopic (exact) mass is 300 g/mol. The van der Waals surface area contributed by atoms with E-state index in [0.717, 1.165) is 0 Å². The predicted octanol–water partition coefficient (Wildman–Crippen LogP) is 1.69. The third kappa shape index (κ3) is 3.28. The van der Waals surface area contributed by atoms with Gasteiger partial charge in [0.25, 0.3) is 10.0 Å². The molecular weight excluding hydrogens is 287 g/mol. The Hall–Kier alpha value is -2.06.